The van der Waals surface area contributed by atoms with Crippen LogP contribution in [0.2, 0.25) is 5.02 Å². The predicted molar refractivity (Wildman–Crippen MR) is 150 cm³/mol. The number of amides is 2. The van der Waals surface area contributed by atoms with Crippen molar-refractivity contribution in [1.82, 2.24) is 0 Å². The van der Waals surface area contributed by atoms with E-state index in [-0.39, 0.29) is 10.6 Å². The van der Waals surface area contributed by atoms with Crippen molar-refractivity contribution in [3.8, 4) is 5.75 Å². The number of methoxy groups -OCH3 is 1. The van der Waals surface area contributed by atoms with E-state index in [0.717, 1.165) is 28.2 Å². The van der Waals surface area contributed by atoms with Gasteiger partial charge < -0.3 is 14.8 Å². The Bertz CT molecular complexity index is 1390. The van der Waals surface area contributed by atoms with Gasteiger partial charge in [-0.3, -0.25) is 9.59 Å². The standard InChI is InChI=1S/C29H27ClN2O5S/c1-4-5-16-37-29(35)19-8-11-21(12-9-19)32-27(33)25(31-23-17-20(30)10-15-24(23)36-3)26(28(32)34)38-22-13-6-18(2)7-14-22/h6-15,17,31H,4-5,16H2,1-3H3. The van der Waals surface area contributed by atoms with Crippen LogP contribution >= 0.6 is 23.4 Å². The van der Waals surface area contributed by atoms with Crippen molar-refractivity contribution >= 4 is 52.5 Å². The van der Waals surface area contributed by atoms with Crippen LogP contribution < -0.4 is 15.0 Å². The average molecular weight is 551 g/mol. The number of aryl methyl sites for hydroxylation is 1. The van der Waals surface area contributed by atoms with E-state index in [4.69, 9.17) is 21.1 Å². The predicted octanol–water partition coefficient (Wildman–Crippen LogP) is 6.60. The lowest BCUT2D eigenvalue weighted by Gasteiger charge is -2.16. The molecule has 196 valence electrons. The minimum Gasteiger partial charge on any atom is -0.495 e. The molecule has 1 aliphatic rings. The van der Waals surface area contributed by atoms with Crippen LogP contribution in [0.3, 0.4) is 0 Å². The Morgan fingerprint density at radius 3 is 2.37 bits per heavy atom. The lowest BCUT2D eigenvalue weighted by atomic mass is 10.2. The average Bonchev–Trinajstić information content (AvgIpc) is 3.14. The van der Waals surface area contributed by atoms with E-state index in [1.54, 1.807) is 42.5 Å². The van der Waals surface area contributed by atoms with Gasteiger partial charge in [-0.25, -0.2) is 9.69 Å². The molecule has 0 atom stereocenters. The maximum absolute atomic E-state index is 13.7. The number of hydrogen-bond donors (Lipinski definition) is 1. The summed E-state index contributed by atoms with van der Waals surface area (Å²) in [6.45, 7) is 4.32. The second kappa shape index (κ2) is 12.2. The van der Waals surface area contributed by atoms with Gasteiger partial charge >= 0.3 is 5.97 Å². The van der Waals surface area contributed by atoms with Gasteiger partial charge in [-0.15, -0.1) is 0 Å². The zero-order valence-electron chi connectivity index (χ0n) is 21.2. The molecule has 0 spiro atoms. The molecule has 3 aromatic carbocycles. The lowest BCUT2D eigenvalue weighted by Crippen LogP contribution is -2.32. The third kappa shape index (κ3) is 6.03. The molecule has 0 bridgehead atoms. The SMILES string of the molecule is CCCCOC(=O)c1ccc(N2C(=O)C(Nc3cc(Cl)ccc3OC)=C(Sc3ccc(C)cc3)C2=O)cc1. The molecule has 1 heterocycles. The molecule has 0 aromatic heterocycles. The van der Waals surface area contributed by atoms with Crippen molar-refractivity contribution in [1.29, 1.82) is 0 Å². The molecule has 0 unspecified atom stereocenters. The summed E-state index contributed by atoms with van der Waals surface area (Å²) in [5, 5.41) is 3.53. The molecule has 0 saturated carbocycles. The van der Waals surface area contributed by atoms with E-state index in [1.807, 2.05) is 38.1 Å². The highest BCUT2D eigenvalue weighted by molar-refractivity contribution is 8.04. The maximum Gasteiger partial charge on any atom is 0.338 e. The van der Waals surface area contributed by atoms with Crippen molar-refractivity contribution in [2.24, 2.45) is 0 Å². The van der Waals surface area contributed by atoms with Crippen molar-refractivity contribution < 1.29 is 23.9 Å². The third-order valence-corrected chi connectivity index (χ3v) is 7.12. The molecule has 1 aliphatic heterocycles. The van der Waals surface area contributed by atoms with Crippen molar-refractivity contribution in [2.75, 3.05) is 23.9 Å². The summed E-state index contributed by atoms with van der Waals surface area (Å²) in [6.07, 6.45) is 1.69. The van der Waals surface area contributed by atoms with Crippen molar-refractivity contribution in [3.63, 3.8) is 0 Å². The second-order valence-electron chi connectivity index (χ2n) is 8.57. The Labute approximate surface area is 230 Å². The van der Waals surface area contributed by atoms with Gasteiger partial charge in [0.2, 0.25) is 0 Å². The van der Waals surface area contributed by atoms with Gasteiger partial charge in [0.05, 0.1) is 30.7 Å². The van der Waals surface area contributed by atoms with Crippen LogP contribution in [0.5, 0.6) is 5.75 Å². The molecule has 0 fully saturated rings. The number of hydrogen-bond acceptors (Lipinski definition) is 7. The Morgan fingerprint density at radius 1 is 1.00 bits per heavy atom. The minimum atomic E-state index is -0.537. The topological polar surface area (TPSA) is 84.9 Å². The largest absolute Gasteiger partial charge is 0.495 e. The Kier molecular flexibility index (Phi) is 8.76. The molecular weight excluding hydrogens is 524 g/mol. The molecule has 7 nitrogen and oxygen atoms in total. The fourth-order valence-electron chi connectivity index (χ4n) is 3.72. The van der Waals surface area contributed by atoms with Crippen LogP contribution in [0, 0.1) is 6.92 Å². The van der Waals surface area contributed by atoms with Crippen LogP contribution in [0.25, 0.3) is 0 Å². The van der Waals surface area contributed by atoms with Gasteiger partial charge in [-0.1, -0.05) is 54.4 Å². The fourth-order valence-corrected chi connectivity index (χ4v) is 4.82. The number of anilines is 2. The molecule has 1 N–H and O–H groups in total. The number of imide groups is 1. The number of halogens is 1. The molecular formula is C29H27ClN2O5S. The van der Waals surface area contributed by atoms with E-state index in [9.17, 15) is 14.4 Å². The smallest absolute Gasteiger partial charge is 0.338 e. The normalized spacial score (nSPS) is 13.2. The van der Waals surface area contributed by atoms with Crippen LogP contribution in [0.15, 0.2) is 82.2 Å². The van der Waals surface area contributed by atoms with Crippen molar-refractivity contribution in [3.05, 3.63) is 93.5 Å². The first-order valence-electron chi connectivity index (χ1n) is 12.1. The van der Waals surface area contributed by atoms with Gasteiger partial charge in [0, 0.05) is 9.92 Å². The first-order valence-corrected chi connectivity index (χ1v) is 13.3. The second-order valence-corrected chi connectivity index (χ2v) is 10.1. The van der Waals surface area contributed by atoms with E-state index in [2.05, 4.69) is 5.32 Å². The van der Waals surface area contributed by atoms with E-state index in [0.29, 0.717) is 34.3 Å². The number of esters is 1. The monoisotopic (exact) mass is 550 g/mol. The number of nitrogens with zero attached hydrogens (tertiary/aromatic N) is 1. The molecule has 0 radical (unpaired) electrons. The number of nitrogens with one attached hydrogen (secondary N) is 1. The number of unbranched alkanes of at least 4 members (excludes halogenated alkanes) is 1. The summed E-state index contributed by atoms with van der Waals surface area (Å²) in [4.78, 5) is 41.7. The van der Waals surface area contributed by atoms with E-state index < -0.39 is 17.8 Å². The highest BCUT2D eigenvalue weighted by atomic mass is 35.5. The molecule has 3 aromatic rings. The number of thioether (sulfide) groups is 1. The fraction of sp³-hybridized carbons (Fsp3) is 0.207. The van der Waals surface area contributed by atoms with Crippen LogP contribution in [0.4, 0.5) is 11.4 Å². The van der Waals surface area contributed by atoms with E-state index >= 15 is 0 Å². The molecule has 2 amide bonds. The number of carbonyl (C=O) groups is 3. The van der Waals surface area contributed by atoms with Gasteiger partial charge in [-0.05, 0) is 67.9 Å². The minimum absolute atomic E-state index is 0.101. The number of ether oxygens (including phenoxy) is 2. The molecule has 38 heavy (non-hydrogen) atoms. The number of rotatable bonds is 10. The van der Waals surface area contributed by atoms with Crippen LogP contribution in [0.1, 0.15) is 35.7 Å². The molecule has 0 aliphatic carbocycles. The molecule has 4 rings (SSSR count). The van der Waals surface area contributed by atoms with E-state index in [1.165, 1.54) is 18.9 Å². The summed E-state index contributed by atoms with van der Waals surface area (Å²) in [5.74, 6) is -1.01. The summed E-state index contributed by atoms with van der Waals surface area (Å²) in [5.41, 5.74) is 2.30. The maximum atomic E-state index is 13.7. The molecule has 9 heteroatoms. The van der Waals surface area contributed by atoms with Crippen LogP contribution in [-0.2, 0) is 14.3 Å². The highest BCUT2D eigenvalue weighted by Gasteiger charge is 2.40. The Balaban J connectivity index is 1.67. The Morgan fingerprint density at radius 2 is 1.71 bits per heavy atom. The summed E-state index contributed by atoms with van der Waals surface area (Å²) in [7, 11) is 1.51. The first kappa shape index (κ1) is 27.3. The first-order chi connectivity index (χ1) is 18.3. The quantitative estimate of drug-likeness (QED) is 0.173. The summed E-state index contributed by atoms with van der Waals surface area (Å²) < 4.78 is 10.7. The Hall–Kier alpha value is -3.75. The van der Waals surface area contributed by atoms with Crippen molar-refractivity contribution in [2.45, 2.75) is 31.6 Å². The highest BCUT2D eigenvalue weighted by Crippen LogP contribution is 2.39. The third-order valence-electron chi connectivity index (χ3n) is 5.80. The summed E-state index contributed by atoms with van der Waals surface area (Å²) in [6, 6.07) is 18.8. The summed E-state index contributed by atoms with van der Waals surface area (Å²) >= 11 is 7.38. The number of benzene rings is 3. The van der Waals surface area contributed by atoms with Gasteiger partial charge in [0.1, 0.15) is 16.4 Å². The van der Waals surface area contributed by atoms with Crippen LogP contribution in [-0.4, -0.2) is 31.5 Å². The molecule has 0 saturated heterocycles. The zero-order chi connectivity index (χ0) is 27.2. The zero-order valence-corrected chi connectivity index (χ0v) is 22.8. The lowest BCUT2D eigenvalue weighted by molar-refractivity contribution is -0.120. The van der Waals surface area contributed by atoms with Gasteiger partial charge in [-0.2, -0.15) is 0 Å². The van der Waals surface area contributed by atoms with Gasteiger partial charge in [0.15, 0.2) is 0 Å². The number of carbonyl (C=O) groups excluding carboxylic acids is 3. The van der Waals surface area contributed by atoms with Gasteiger partial charge in [0.25, 0.3) is 11.8 Å².